The van der Waals surface area contributed by atoms with Gasteiger partial charge in [-0.15, -0.1) is 0 Å². The number of aryl methyl sites for hydroxylation is 4. The van der Waals surface area contributed by atoms with Gasteiger partial charge in [-0.25, -0.2) is 18.3 Å². The van der Waals surface area contributed by atoms with Crippen molar-refractivity contribution in [3.05, 3.63) is 97.1 Å². The molecule has 2 heterocycles. The molecule has 6 nitrogen and oxygen atoms in total. The second-order valence-corrected chi connectivity index (χ2v) is 21.7. The number of benzene rings is 2. The smallest absolute Gasteiger partial charge is 0.243 e. The molecule has 0 spiro atoms. The van der Waals surface area contributed by atoms with Gasteiger partial charge in [0.1, 0.15) is 61.6 Å². The van der Waals surface area contributed by atoms with Crippen LogP contribution in [0.25, 0.3) is 0 Å². The van der Waals surface area contributed by atoms with Gasteiger partial charge in [0, 0.05) is 23.0 Å². The van der Waals surface area contributed by atoms with E-state index in [4.69, 9.17) is 9.47 Å². The Kier molecular flexibility index (Phi) is 31.3. The van der Waals surface area contributed by atoms with E-state index in [2.05, 4.69) is 132 Å². The van der Waals surface area contributed by atoms with Gasteiger partial charge in [-0.1, -0.05) is 192 Å². The Morgan fingerprint density at radius 1 is 0.455 bits per heavy atom. The Balaban J connectivity index is 1.10. The highest BCUT2D eigenvalue weighted by Crippen LogP contribution is 2.24. The van der Waals surface area contributed by atoms with E-state index in [-0.39, 0.29) is 12.1 Å². The van der Waals surface area contributed by atoms with Crippen LogP contribution >= 0.6 is 23.5 Å². The Morgan fingerprint density at radius 2 is 0.788 bits per heavy atom. The van der Waals surface area contributed by atoms with Gasteiger partial charge >= 0.3 is 0 Å². The van der Waals surface area contributed by atoms with Crippen molar-refractivity contribution in [2.24, 2.45) is 14.1 Å². The number of rotatable bonds is 43. The predicted molar refractivity (Wildman–Crippen MR) is 287 cm³/mol. The SMILES string of the molecule is CCCCCCCCCCCCCCCc1cccc(OCC(CSCCSCC(COc2cccc(CCCCCCCCCCCCCCC)c2)n2cc[n+](C)c2)n2cc[n+](C)c2)c1. The summed E-state index contributed by atoms with van der Waals surface area (Å²) in [6.07, 6.45) is 51.6. The van der Waals surface area contributed by atoms with Crippen molar-refractivity contribution in [2.75, 3.05) is 36.2 Å². The zero-order valence-corrected chi connectivity index (χ0v) is 44.3. The zero-order chi connectivity index (χ0) is 46.5. The average molecular weight is 946 g/mol. The van der Waals surface area contributed by atoms with Crippen LogP contribution in [0.5, 0.6) is 11.5 Å². The molecule has 0 bridgehead atoms. The molecule has 2 atom stereocenters. The summed E-state index contributed by atoms with van der Waals surface area (Å²) in [6, 6.07) is 18.3. The maximum absolute atomic E-state index is 6.51. The summed E-state index contributed by atoms with van der Waals surface area (Å²) in [5.74, 6) is 6.25. The minimum atomic E-state index is 0.271. The molecule has 0 aliphatic rings. The Bertz CT molecular complexity index is 1620. The van der Waals surface area contributed by atoms with E-state index in [0.717, 1.165) is 47.4 Å². The molecule has 0 amide bonds. The molecule has 0 N–H and O–H groups in total. The zero-order valence-electron chi connectivity index (χ0n) is 42.7. The number of thioether (sulfide) groups is 2. The first-order valence-corrected chi connectivity index (χ1v) is 29.5. The standard InChI is InChI=1S/C58H96N4O2S2/c1-5-7-9-11-13-15-17-19-21-23-25-27-29-33-53-35-31-37-57(45-53)63-47-55(61-41-39-59(3)51-61)49-65-43-44-66-50-56(62-42-40-60(4)52-62)48-64-58-38-32-36-54(46-58)34-30-28-26-24-22-20-18-16-14-12-10-8-6-2/h31-32,35-42,45-46,51-52,55-56H,5-30,33-34,43-44,47-50H2,1-4H3/q+2. The van der Waals surface area contributed by atoms with Gasteiger partial charge in [-0.05, 0) is 61.1 Å². The molecule has 0 aliphatic heterocycles. The molecule has 2 aromatic carbocycles. The van der Waals surface area contributed by atoms with Crippen molar-refractivity contribution < 1.29 is 18.6 Å². The number of hydrogen-bond donors (Lipinski definition) is 0. The number of imidazole rings is 2. The fraction of sp³-hybridized carbons (Fsp3) is 0.690. The van der Waals surface area contributed by atoms with Crippen molar-refractivity contribution in [3.63, 3.8) is 0 Å². The lowest BCUT2D eigenvalue weighted by molar-refractivity contribution is -0.671. The van der Waals surface area contributed by atoms with E-state index in [1.807, 2.05) is 23.5 Å². The van der Waals surface area contributed by atoms with Crippen LogP contribution < -0.4 is 18.6 Å². The van der Waals surface area contributed by atoms with Crippen LogP contribution in [0.15, 0.2) is 86.0 Å². The largest absolute Gasteiger partial charge is 0.489 e. The summed E-state index contributed by atoms with van der Waals surface area (Å²) in [5, 5.41) is 0. The van der Waals surface area contributed by atoms with Crippen molar-refractivity contribution in [1.82, 2.24) is 9.13 Å². The summed E-state index contributed by atoms with van der Waals surface area (Å²) in [5.41, 5.74) is 2.80. The van der Waals surface area contributed by atoms with Crippen LogP contribution in [0, 0.1) is 0 Å². The Hall–Kier alpha value is -2.84. The molecule has 0 fully saturated rings. The molecule has 8 heteroatoms. The summed E-state index contributed by atoms with van der Waals surface area (Å²) in [7, 11) is 4.20. The normalized spacial score (nSPS) is 12.5. The molecular weight excluding hydrogens is 849 g/mol. The molecule has 2 aromatic heterocycles. The second-order valence-electron chi connectivity index (χ2n) is 19.4. The number of aromatic nitrogens is 4. The van der Waals surface area contributed by atoms with Gasteiger partial charge in [0.15, 0.2) is 0 Å². The highest BCUT2D eigenvalue weighted by molar-refractivity contribution is 8.02. The monoisotopic (exact) mass is 945 g/mol. The lowest BCUT2D eigenvalue weighted by Gasteiger charge is -2.17. The third-order valence-corrected chi connectivity index (χ3v) is 15.7. The Labute approximate surface area is 413 Å². The molecule has 0 saturated carbocycles. The van der Waals surface area contributed by atoms with Gasteiger partial charge in [0.2, 0.25) is 12.7 Å². The molecule has 370 valence electrons. The topological polar surface area (TPSA) is 36.1 Å². The van der Waals surface area contributed by atoms with Crippen LogP contribution in [0.4, 0.5) is 0 Å². The third kappa shape index (κ3) is 26.1. The highest BCUT2D eigenvalue weighted by atomic mass is 32.2. The van der Waals surface area contributed by atoms with Gasteiger partial charge in [-0.2, -0.15) is 23.5 Å². The summed E-state index contributed by atoms with van der Waals surface area (Å²) < 4.78 is 21.9. The van der Waals surface area contributed by atoms with Crippen molar-refractivity contribution in [2.45, 2.75) is 206 Å². The number of hydrogen-bond acceptors (Lipinski definition) is 4. The molecule has 4 aromatic rings. The van der Waals surface area contributed by atoms with Gasteiger partial charge < -0.3 is 9.47 Å². The van der Waals surface area contributed by atoms with Crippen molar-refractivity contribution in [3.8, 4) is 11.5 Å². The number of ether oxygens (including phenoxy) is 2. The van der Waals surface area contributed by atoms with Crippen LogP contribution in [-0.4, -0.2) is 45.4 Å². The maximum atomic E-state index is 6.51. The minimum absolute atomic E-state index is 0.271. The average Bonchev–Trinajstić information content (AvgIpc) is 3.97. The lowest BCUT2D eigenvalue weighted by Crippen LogP contribution is -2.26. The van der Waals surface area contributed by atoms with Crippen LogP contribution in [0.1, 0.15) is 204 Å². The molecule has 0 saturated heterocycles. The quantitative estimate of drug-likeness (QED) is 0.0327. The third-order valence-electron chi connectivity index (χ3n) is 13.2. The van der Waals surface area contributed by atoms with E-state index in [0.29, 0.717) is 13.2 Å². The Morgan fingerprint density at radius 3 is 1.11 bits per heavy atom. The van der Waals surface area contributed by atoms with E-state index in [1.165, 1.54) is 178 Å². The van der Waals surface area contributed by atoms with Crippen molar-refractivity contribution >= 4 is 23.5 Å². The highest BCUT2D eigenvalue weighted by Gasteiger charge is 2.20. The van der Waals surface area contributed by atoms with Crippen molar-refractivity contribution in [1.29, 1.82) is 0 Å². The fourth-order valence-corrected chi connectivity index (χ4v) is 11.4. The van der Waals surface area contributed by atoms with Crippen LogP contribution in [-0.2, 0) is 26.9 Å². The first-order chi connectivity index (χ1) is 32.5. The molecular formula is C58H96N4O2S2+2. The maximum Gasteiger partial charge on any atom is 0.243 e. The number of nitrogens with zero attached hydrogens (tertiary/aromatic N) is 4. The lowest BCUT2D eigenvalue weighted by atomic mass is 10.0. The first-order valence-electron chi connectivity index (χ1n) is 27.2. The molecule has 0 aliphatic carbocycles. The van der Waals surface area contributed by atoms with Gasteiger partial charge in [-0.3, -0.25) is 0 Å². The van der Waals surface area contributed by atoms with Crippen LogP contribution in [0.2, 0.25) is 0 Å². The molecule has 2 unspecified atom stereocenters. The number of unbranched alkanes of at least 4 members (excludes halogenated alkanes) is 24. The minimum Gasteiger partial charge on any atom is -0.489 e. The summed E-state index contributed by atoms with van der Waals surface area (Å²) in [4.78, 5) is 0. The predicted octanol–water partition coefficient (Wildman–Crippen LogP) is 15.6. The van der Waals surface area contributed by atoms with E-state index in [1.54, 1.807) is 0 Å². The fourth-order valence-electron chi connectivity index (χ4n) is 9.03. The van der Waals surface area contributed by atoms with E-state index >= 15 is 0 Å². The first kappa shape index (κ1) is 55.8. The van der Waals surface area contributed by atoms with E-state index < -0.39 is 0 Å². The molecule has 4 rings (SSSR count). The molecule has 0 radical (unpaired) electrons. The summed E-state index contributed by atoms with van der Waals surface area (Å²) in [6.45, 7) is 5.94. The van der Waals surface area contributed by atoms with Crippen LogP contribution in [0.3, 0.4) is 0 Å². The van der Waals surface area contributed by atoms with E-state index in [9.17, 15) is 0 Å². The second kappa shape index (κ2) is 37.1. The summed E-state index contributed by atoms with van der Waals surface area (Å²) >= 11 is 4.07. The van der Waals surface area contributed by atoms with Gasteiger partial charge in [0.05, 0.1) is 14.1 Å². The molecule has 66 heavy (non-hydrogen) atoms. The van der Waals surface area contributed by atoms with Gasteiger partial charge in [0.25, 0.3) is 0 Å².